The molecule has 130 valence electrons. The maximum Gasteiger partial charge on any atom is 0.230 e. The predicted octanol–water partition coefficient (Wildman–Crippen LogP) is 2.25. The highest BCUT2D eigenvalue weighted by Gasteiger charge is 2.32. The van der Waals surface area contributed by atoms with Gasteiger partial charge < -0.3 is 15.5 Å². The molecule has 1 fully saturated rings. The molecule has 0 spiro atoms. The second-order valence-electron chi connectivity index (χ2n) is 6.76. The van der Waals surface area contributed by atoms with Gasteiger partial charge in [-0.1, -0.05) is 6.07 Å². The Bertz CT molecular complexity index is 756. The van der Waals surface area contributed by atoms with Crippen LogP contribution >= 0.6 is 0 Å². The van der Waals surface area contributed by atoms with Crippen LogP contribution in [-0.4, -0.2) is 35.5 Å². The molecule has 25 heavy (non-hydrogen) atoms. The average Bonchev–Trinajstić information content (AvgIpc) is 2.68. The molecule has 2 aromatic rings. The van der Waals surface area contributed by atoms with E-state index in [1.165, 1.54) is 0 Å². The minimum Gasteiger partial charge on any atom is -0.398 e. The first-order valence-corrected chi connectivity index (χ1v) is 8.94. The van der Waals surface area contributed by atoms with Gasteiger partial charge in [0.2, 0.25) is 5.91 Å². The molecular weight excluding hydrogens is 314 g/mol. The summed E-state index contributed by atoms with van der Waals surface area (Å²) in [5.74, 6) is 1.20. The van der Waals surface area contributed by atoms with Gasteiger partial charge in [0.25, 0.3) is 0 Å². The first-order chi connectivity index (χ1) is 12.2. The van der Waals surface area contributed by atoms with Crippen LogP contribution in [0.3, 0.4) is 0 Å². The van der Waals surface area contributed by atoms with Gasteiger partial charge in [-0.3, -0.25) is 9.78 Å². The van der Waals surface area contributed by atoms with E-state index >= 15 is 0 Å². The number of benzene rings is 1. The van der Waals surface area contributed by atoms with Crippen molar-refractivity contribution in [1.82, 2.24) is 9.97 Å². The van der Waals surface area contributed by atoms with Gasteiger partial charge >= 0.3 is 0 Å². The zero-order valence-electron chi connectivity index (χ0n) is 14.3. The van der Waals surface area contributed by atoms with Crippen molar-refractivity contribution in [3.63, 3.8) is 0 Å². The summed E-state index contributed by atoms with van der Waals surface area (Å²) in [4.78, 5) is 25.8. The molecule has 2 aliphatic heterocycles. The van der Waals surface area contributed by atoms with E-state index in [-0.39, 0.29) is 11.8 Å². The van der Waals surface area contributed by atoms with Gasteiger partial charge in [0.05, 0.1) is 6.20 Å². The monoisotopic (exact) mass is 337 g/mol. The van der Waals surface area contributed by atoms with Crippen LogP contribution in [0.4, 0.5) is 17.2 Å². The second-order valence-corrected chi connectivity index (χ2v) is 6.76. The maximum atomic E-state index is 13.1. The van der Waals surface area contributed by atoms with Crippen LogP contribution in [0.25, 0.3) is 0 Å². The number of nitrogen functional groups attached to an aromatic ring is 1. The Labute approximate surface area is 147 Å². The average molecular weight is 337 g/mol. The van der Waals surface area contributed by atoms with Gasteiger partial charge in [0, 0.05) is 49.3 Å². The van der Waals surface area contributed by atoms with Crippen molar-refractivity contribution in [2.24, 2.45) is 5.92 Å². The number of aromatic nitrogens is 2. The molecule has 2 N–H and O–H groups in total. The van der Waals surface area contributed by atoms with E-state index in [2.05, 4.69) is 14.9 Å². The number of carbonyl (C=O) groups is 1. The van der Waals surface area contributed by atoms with Crippen LogP contribution in [0.1, 0.15) is 24.8 Å². The summed E-state index contributed by atoms with van der Waals surface area (Å²) in [6.45, 7) is 2.47. The Kier molecular flexibility index (Phi) is 4.26. The van der Waals surface area contributed by atoms with Gasteiger partial charge in [-0.2, -0.15) is 0 Å². The fraction of sp³-hybridized carbons (Fsp3) is 0.421. The fourth-order valence-electron chi connectivity index (χ4n) is 3.91. The minimum atomic E-state index is 0.0697. The lowest BCUT2D eigenvalue weighted by molar-refractivity contribution is -0.123. The Balaban J connectivity index is 1.46. The third-order valence-electron chi connectivity index (χ3n) is 5.27. The third kappa shape index (κ3) is 3.04. The van der Waals surface area contributed by atoms with E-state index < -0.39 is 0 Å². The van der Waals surface area contributed by atoms with Gasteiger partial charge in [0.1, 0.15) is 5.82 Å². The molecular formula is C19H23N5O. The zero-order chi connectivity index (χ0) is 17.2. The quantitative estimate of drug-likeness (QED) is 0.851. The smallest absolute Gasteiger partial charge is 0.230 e. The molecule has 2 aliphatic rings. The van der Waals surface area contributed by atoms with Gasteiger partial charge in [-0.05, 0) is 43.4 Å². The molecule has 0 bridgehead atoms. The molecule has 0 aliphatic carbocycles. The summed E-state index contributed by atoms with van der Waals surface area (Å²) in [6, 6.07) is 5.89. The molecule has 0 saturated carbocycles. The van der Waals surface area contributed by atoms with Crippen molar-refractivity contribution in [1.29, 1.82) is 0 Å². The topological polar surface area (TPSA) is 75.3 Å². The number of nitrogens with two attached hydrogens (primary N) is 1. The highest BCUT2D eigenvalue weighted by molar-refractivity contribution is 5.97. The molecule has 6 heteroatoms. The number of carbonyl (C=O) groups excluding carboxylic acids is 1. The normalized spacial score (nSPS) is 18.1. The van der Waals surface area contributed by atoms with Crippen LogP contribution in [-0.2, 0) is 11.2 Å². The van der Waals surface area contributed by atoms with E-state index in [4.69, 9.17) is 5.73 Å². The van der Waals surface area contributed by atoms with Crippen LogP contribution in [0.2, 0.25) is 0 Å². The highest BCUT2D eigenvalue weighted by Crippen LogP contribution is 2.33. The standard InChI is InChI=1S/C19H23N5O/c20-16-4-1-5-17-15(16)3-2-10-24(17)19(25)14-6-11-23(12-7-14)18-13-21-8-9-22-18/h1,4-5,8-9,13-14H,2-3,6-7,10-12,20H2. The lowest BCUT2D eigenvalue weighted by Crippen LogP contribution is -2.44. The van der Waals surface area contributed by atoms with Crippen molar-refractivity contribution >= 4 is 23.1 Å². The lowest BCUT2D eigenvalue weighted by Gasteiger charge is -2.37. The Hall–Kier alpha value is -2.63. The molecule has 0 radical (unpaired) electrons. The number of nitrogens with zero attached hydrogens (tertiary/aromatic N) is 4. The summed E-state index contributed by atoms with van der Waals surface area (Å²) >= 11 is 0. The van der Waals surface area contributed by atoms with Crippen LogP contribution < -0.4 is 15.5 Å². The number of hydrogen-bond donors (Lipinski definition) is 1. The molecule has 0 unspecified atom stereocenters. The Morgan fingerprint density at radius 3 is 2.76 bits per heavy atom. The molecule has 1 aromatic heterocycles. The number of amides is 1. The van der Waals surface area contributed by atoms with Gasteiger partial charge in [-0.25, -0.2) is 4.98 Å². The SMILES string of the molecule is Nc1cccc2c1CCCN2C(=O)C1CCN(c2cnccn2)CC1. The summed E-state index contributed by atoms with van der Waals surface area (Å²) in [5.41, 5.74) is 9.04. The van der Waals surface area contributed by atoms with E-state index in [9.17, 15) is 4.79 Å². The van der Waals surface area contributed by atoms with E-state index in [0.717, 1.165) is 68.1 Å². The van der Waals surface area contributed by atoms with Crippen LogP contribution in [0.5, 0.6) is 0 Å². The summed E-state index contributed by atoms with van der Waals surface area (Å²) < 4.78 is 0. The Morgan fingerprint density at radius 1 is 1.16 bits per heavy atom. The van der Waals surface area contributed by atoms with Crippen LogP contribution in [0.15, 0.2) is 36.8 Å². The molecule has 0 atom stereocenters. The minimum absolute atomic E-state index is 0.0697. The van der Waals surface area contributed by atoms with E-state index in [1.807, 2.05) is 23.1 Å². The number of anilines is 3. The first kappa shape index (κ1) is 15.9. The Morgan fingerprint density at radius 2 is 2.00 bits per heavy atom. The predicted molar refractivity (Wildman–Crippen MR) is 98.5 cm³/mol. The summed E-state index contributed by atoms with van der Waals surface area (Å²) in [5, 5.41) is 0. The number of piperidine rings is 1. The van der Waals surface area contributed by atoms with Gasteiger partial charge in [-0.15, -0.1) is 0 Å². The second kappa shape index (κ2) is 6.70. The summed E-state index contributed by atoms with van der Waals surface area (Å²) in [6.07, 6.45) is 8.81. The van der Waals surface area contributed by atoms with E-state index in [1.54, 1.807) is 18.6 Å². The molecule has 4 rings (SSSR count). The molecule has 1 saturated heterocycles. The molecule has 6 nitrogen and oxygen atoms in total. The third-order valence-corrected chi connectivity index (χ3v) is 5.27. The largest absolute Gasteiger partial charge is 0.398 e. The van der Waals surface area contributed by atoms with Gasteiger partial charge in [0.15, 0.2) is 0 Å². The maximum absolute atomic E-state index is 13.1. The fourth-order valence-corrected chi connectivity index (χ4v) is 3.91. The van der Waals surface area contributed by atoms with Crippen LogP contribution in [0, 0.1) is 5.92 Å². The number of fused-ring (bicyclic) bond motifs is 1. The van der Waals surface area contributed by atoms with Crippen molar-refractivity contribution in [2.45, 2.75) is 25.7 Å². The van der Waals surface area contributed by atoms with Crippen molar-refractivity contribution in [3.05, 3.63) is 42.4 Å². The van der Waals surface area contributed by atoms with E-state index in [0.29, 0.717) is 0 Å². The zero-order valence-corrected chi connectivity index (χ0v) is 14.3. The molecule has 1 amide bonds. The molecule has 1 aromatic carbocycles. The number of rotatable bonds is 2. The lowest BCUT2D eigenvalue weighted by atomic mass is 9.92. The highest BCUT2D eigenvalue weighted by atomic mass is 16.2. The first-order valence-electron chi connectivity index (χ1n) is 8.94. The molecule has 3 heterocycles. The van der Waals surface area contributed by atoms with Crippen molar-refractivity contribution < 1.29 is 4.79 Å². The summed E-state index contributed by atoms with van der Waals surface area (Å²) in [7, 11) is 0. The van der Waals surface area contributed by atoms with Crippen molar-refractivity contribution in [2.75, 3.05) is 35.2 Å². The van der Waals surface area contributed by atoms with Crippen molar-refractivity contribution in [3.8, 4) is 0 Å². The number of hydrogen-bond acceptors (Lipinski definition) is 5.